The first-order chi connectivity index (χ1) is 18.5. The molecule has 2 N–H and O–H groups in total. The molecular weight excluding hydrogens is 524 g/mol. The van der Waals surface area contributed by atoms with Crippen LogP contribution in [0.2, 0.25) is 0 Å². The van der Waals surface area contributed by atoms with E-state index in [1.165, 1.54) is 70.9 Å². The summed E-state index contributed by atoms with van der Waals surface area (Å²) in [6, 6.07) is 9.86. The van der Waals surface area contributed by atoms with Gasteiger partial charge in [0.2, 0.25) is 0 Å². The number of hydrogen-bond acceptors (Lipinski definition) is 9. The Hall–Kier alpha value is -2.95. The number of nitrogens with two attached hydrogens (primary N) is 1. The summed E-state index contributed by atoms with van der Waals surface area (Å²) in [5.41, 5.74) is 6.46. The first-order valence-corrected chi connectivity index (χ1v) is 13.5. The molecule has 2 aromatic rings. The summed E-state index contributed by atoms with van der Waals surface area (Å²) in [6.07, 6.45) is 7.75. The van der Waals surface area contributed by atoms with E-state index in [0.717, 1.165) is 37.7 Å². The Morgan fingerprint density at radius 3 is 1.67 bits per heavy atom. The molecule has 0 unspecified atom stereocenters. The van der Waals surface area contributed by atoms with Crippen LogP contribution in [-0.2, 0) is 0 Å². The molecule has 4 rings (SSSR count). The lowest BCUT2D eigenvalue weighted by atomic mass is 10.1. The van der Waals surface area contributed by atoms with Crippen molar-refractivity contribution >= 4 is 23.8 Å². The molecule has 0 aromatic heterocycles. The number of benzene rings is 2. The Kier molecular flexibility index (Phi) is 14.6. The molecule has 11 heteroatoms. The zero-order valence-electron chi connectivity index (χ0n) is 23.1. The van der Waals surface area contributed by atoms with E-state index in [1.807, 2.05) is 18.2 Å². The van der Waals surface area contributed by atoms with Crippen molar-refractivity contribution in [2.45, 2.75) is 38.5 Å². The number of rotatable bonds is 11. The average Bonchev–Trinajstić information content (AvgIpc) is 2.94. The number of ether oxygens (including phenoxy) is 4. The van der Waals surface area contributed by atoms with Crippen molar-refractivity contribution in [2.75, 3.05) is 72.4 Å². The molecule has 0 bridgehead atoms. The number of non-ortho nitro benzene ring substituents is 1. The van der Waals surface area contributed by atoms with Gasteiger partial charge in [-0.05, 0) is 70.1 Å². The van der Waals surface area contributed by atoms with Gasteiger partial charge in [0.05, 0.1) is 25.2 Å². The lowest BCUT2D eigenvalue weighted by molar-refractivity contribution is -0.385. The highest BCUT2D eigenvalue weighted by Gasteiger charge is 2.14. The minimum absolute atomic E-state index is 0. The van der Waals surface area contributed by atoms with E-state index >= 15 is 0 Å². The maximum absolute atomic E-state index is 10.8. The number of piperidine rings is 2. The molecule has 0 radical (unpaired) electrons. The van der Waals surface area contributed by atoms with E-state index in [4.69, 9.17) is 24.7 Å². The van der Waals surface area contributed by atoms with E-state index in [-0.39, 0.29) is 18.1 Å². The number of hydrogen-bond donors (Lipinski definition) is 1. The number of halogens is 1. The molecule has 0 aliphatic carbocycles. The minimum atomic E-state index is -0.434. The summed E-state index contributed by atoms with van der Waals surface area (Å²) in [5, 5.41) is 10.8. The highest BCUT2D eigenvalue weighted by Crippen LogP contribution is 2.31. The van der Waals surface area contributed by atoms with Crippen molar-refractivity contribution in [3.63, 3.8) is 0 Å². The van der Waals surface area contributed by atoms with Gasteiger partial charge in [-0.25, -0.2) is 0 Å². The summed E-state index contributed by atoms with van der Waals surface area (Å²) in [5.74, 6) is 2.42. The molecule has 0 atom stereocenters. The van der Waals surface area contributed by atoms with Gasteiger partial charge in [-0.3, -0.25) is 19.9 Å². The fraction of sp³-hybridized carbons (Fsp3) is 0.571. The second kappa shape index (κ2) is 17.6. The van der Waals surface area contributed by atoms with Crippen LogP contribution in [0, 0.1) is 10.1 Å². The van der Waals surface area contributed by atoms with Crippen molar-refractivity contribution in [1.29, 1.82) is 0 Å². The monoisotopic (exact) mass is 566 g/mol. The van der Waals surface area contributed by atoms with Gasteiger partial charge < -0.3 is 24.7 Å². The Balaban J connectivity index is 0.000000268. The molecule has 2 aliphatic heterocycles. The second-order valence-electron chi connectivity index (χ2n) is 9.50. The van der Waals surface area contributed by atoms with Crippen LogP contribution >= 0.6 is 12.4 Å². The predicted molar refractivity (Wildman–Crippen MR) is 156 cm³/mol. The quantitative estimate of drug-likeness (QED) is 0.227. The van der Waals surface area contributed by atoms with E-state index in [9.17, 15) is 10.1 Å². The van der Waals surface area contributed by atoms with Crippen LogP contribution < -0.4 is 24.7 Å². The normalized spacial score (nSPS) is 15.7. The lowest BCUT2D eigenvalue weighted by Gasteiger charge is -2.26. The fourth-order valence-corrected chi connectivity index (χ4v) is 4.63. The van der Waals surface area contributed by atoms with Crippen molar-refractivity contribution < 1.29 is 23.9 Å². The number of methoxy groups -OCH3 is 2. The summed E-state index contributed by atoms with van der Waals surface area (Å²) < 4.78 is 21.8. The van der Waals surface area contributed by atoms with Gasteiger partial charge >= 0.3 is 0 Å². The largest absolute Gasteiger partial charge is 0.493 e. The van der Waals surface area contributed by atoms with E-state index < -0.39 is 4.92 Å². The minimum Gasteiger partial charge on any atom is -0.493 e. The molecule has 2 heterocycles. The topological polar surface area (TPSA) is 113 Å². The summed E-state index contributed by atoms with van der Waals surface area (Å²) in [7, 11) is 3.17. The number of nitro benzene ring substituents is 1. The van der Waals surface area contributed by atoms with Crippen molar-refractivity contribution in [3.05, 3.63) is 46.5 Å². The van der Waals surface area contributed by atoms with Crippen molar-refractivity contribution in [3.8, 4) is 23.0 Å². The Morgan fingerprint density at radius 2 is 1.21 bits per heavy atom. The van der Waals surface area contributed by atoms with Crippen LogP contribution in [0.15, 0.2) is 36.4 Å². The van der Waals surface area contributed by atoms with Gasteiger partial charge in [-0.1, -0.05) is 12.8 Å². The van der Waals surface area contributed by atoms with Gasteiger partial charge in [0.25, 0.3) is 5.69 Å². The Labute approximate surface area is 237 Å². The molecule has 0 spiro atoms. The molecule has 0 saturated carbocycles. The molecule has 2 fully saturated rings. The van der Waals surface area contributed by atoms with Gasteiger partial charge in [-0.15, -0.1) is 12.4 Å². The van der Waals surface area contributed by atoms with Gasteiger partial charge in [0.15, 0.2) is 23.0 Å². The first-order valence-electron chi connectivity index (χ1n) is 13.5. The van der Waals surface area contributed by atoms with Crippen LogP contribution in [-0.4, -0.2) is 81.4 Å². The molecule has 0 amide bonds. The van der Waals surface area contributed by atoms with Crippen LogP contribution in [0.3, 0.4) is 0 Å². The van der Waals surface area contributed by atoms with Gasteiger partial charge in [0.1, 0.15) is 13.2 Å². The highest BCUT2D eigenvalue weighted by atomic mass is 35.5. The maximum Gasteiger partial charge on any atom is 0.273 e. The van der Waals surface area contributed by atoms with Gasteiger partial charge in [0, 0.05) is 30.9 Å². The summed E-state index contributed by atoms with van der Waals surface area (Å²) >= 11 is 0. The number of nitro groups is 1. The molecular formula is C28H43ClN4O6. The third-order valence-corrected chi connectivity index (χ3v) is 6.77. The summed E-state index contributed by atoms with van der Waals surface area (Å²) in [6.45, 7) is 7.60. The number of nitrogen functional groups attached to an aromatic ring is 1. The van der Waals surface area contributed by atoms with Crippen LogP contribution in [0.4, 0.5) is 11.4 Å². The number of likely N-dealkylation sites (tertiary alicyclic amines) is 2. The summed E-state index contributed by atoms with van der Waals surface area (Å²) in [4.78, 5) is 15.1. The zero-order valence-corrected chi connectivity index (χ0v) is 24.0. The van der Waals surface area contributed by atoms with Gasteiger partial charge in [-0.2, -0.15) is 0 Å². The SMILES string of the molecule is COc1ccc(N)cc1OCCN1CCCCC1.COc1ccc([N+](=O)[O-])cc1OCCN1CCCCC1.Cl. The van der Waals surface area contributed by atoms with E-state index in [0.29, 0.717) is 30.4 Å². The number of nitrogens with zero attached hydrogens (tertiary/aromatic N) is 3. The van der Waals surface area contributed by atoms with Crippen LogP contribution in [0.5, 0.6) is 23.0 Å². The molecule has 218 valence electrons. The fourth-order valence-electron chi connectivity index (χ4n) is 4.63. The predicted octanol–water partition coefficient (Wildman–Crippen LogP) is 5.03. The van der Waals surface area contributed by atoms with E-state index in [1.54, 1.807) is 13.2 Å². The second-order valence-corrected chi connectivity index (χ2v) is 9.50. The van der Waals surface area contributed by atoms with Crippen molar-refractivity contribution in [1.82, 2.24) is 9.80 Å². The van der Waals surface area contributed by atoms with Crippen LogP contribution in [0.1, 0.15) is 38.5 Å². The van der Waals surface area contributed by atoms with Crippen molar-refractivity contribution in [2.24, 2.45) is 0 Å². The molecule has 39 heavy (non-hydrogen) atoms. The highest BCUT2D eigenvalue weighted by molar-refractivity contribution is 5.85. The Morgan fingerprint density at radius 1 is 0.744 bits per heavy atom. The average molecular weight is 567 g/mol. The third kappa shape index (κ3) is 11.0. The van der Waals surface area contributed by atoms with Crippen LogP contribution in [0.25, 0.3) is 0 Å². The van der Waals surface area contributed by atoms with E-state index in [2.05, 4.69) is 9.80 Å². The first kappa shape index (κ1) is 32.3. The smallest absolute Gasteiger partial charge is 0.273 e. The maximum atomic E-state index is 10.8. The Bertz CT molecular complexity index is 1000. The molecule has 2 aliphatic rings. The lowest BCUT2D eigenvalue weighted by Crippen LogP contribution is -2.33. The standard InChI is InChI=1S/C14H20N2O4.C14H22N2O2.ClH/c1-19-13-6-5-12(16(17)18)11-14(13)20-10-9-15-7-3-2-4-8-15;1-17-13-6-5-12(15)11-14(13)18-10-9-16-7-3-2-4-8-16;/h5-6,11H,2-4,7-10H2,1H3;5-6,11H,2-4,7-10,15H2,1H3;1H. The molecule has 10 nitrogen and oxygen atoms in total. The zero-order chi connectivity index (χ0) is 27.2. The molecule has 2 saturated heterocycles. The number of anilines is 1. The molecule has 2 aromatic carbocycles. The third-order valence-electron chi connectivity index (χ3n) is 6.77.